The quantitative estimate of drug-likeness (QED) is 0.198. The minimum Gasteiger partial charge on any atom is -0.484 e. The Morgan fingerprint density at radius 3 is 2.52 bits per heavy atom. The topological polar surface area (TPSA) is 84.6 Å². The second-order valence-electron chi connectivity index (χ2n) is 10.2. The molecule has 2 atom stereocenters. The average Bonchev–Trinajstić information content (AvgIpc) is 3.72. The summed E-state index contributed by atoms with van der Waals surface area (Å²) in [7, 11) is 0. The van der Waals surface area contributed by atoms with Crippen LogP contribution in [0.25, 0.3) is 0 Å². The van der Waals surface area contributed by atoms with E-state index in [1.54, 1.807) is 12.5 Å². The van der Waals surface area contributed by atoms with E-state index in [-0.39, 0.29) is 24.6 Å². The number of aryl methyl sites for hydroxylation is 1. The first kappa shape index (κ1) is 27.3. The first-order chi connectivity index (χ1) is 20.5. The van der Waals surface area contributed by atoms with Gasteiger partial charge >= 0.3 is 0 Å². The smallest absolute Gasteiger partial charge is 0.262 e. The van der Waals surface area contributed by atoms with E-state index >= 15 is 0 Å². The normalized spacial score (nSPS) is 16.3. The van der Waals surface area contributed by atoms with E-state index in [0.29, 0.717) is 23.1 Å². The molecule has 8 nitrogen and oxygen atoms in total. The highest BCUT2D eigenvalue weighted by molar-refractivity contribution is 7.80. The third-order valence-corrected chi connectivity index (χ3v) is 7.78. The molecular weight excluding hydrogens is 546 g/mol. The molecule has 5 aromatic rings. The standard InChI is InChI=1S/C33H31N5O3S/c1-22-19-28(23(2)37(22)20-27-11-8-18-40-27)32-31(29-12-6-7-17-34-29)36-33(42)38(32)25-15-13-24(14-16-25)35-30(39)21-41-26-9-4-3-5-10-26/h3-19,31-32H,20-21H2,1-2H3,(H,35,39)(H,36,42)/t31-,32+/m1/s1. The lowest BCUT2D eigenvalue weighted by Gasteiger charge is -2.28. The molecule has 2 aromatic carbocycles. The minimum absolute atomic E-state index is 0.0760. The molecular formula is C33H31N5O3S. The number of para-hydroxylation sites is 1. The third kappa shape index (κ3) is 5.64. The molecule has 1 saturated heterocycles. The Balaban J connectivity index is 1.27. The summed E-state index contributed by atoms with van der Waals surface area (Å²) in [5.41, 5.74) is 5.90. The van der Waals surface area contributed by atoms with E-state index in [9.17, 15) is 4.79 Å². The molecule has 0 aliphatic carbocycles. The summed E-state index contributed by atoms with van der Waals surface area (Å²) in [4.78, 5) is 19.3. The molecule has 212 valence electrons. The molecule has 1 aliphatic rings. The van der Waals surface area contributed by atoms with Gasteiger partial charge in [-0.1, -0.05) is 24.3 Å². The number of amides is 1. The molecule has 0 bridgehead atoms. The van der Waals surface area contributed by atoms with E-state index in [2.05, 4.69) is 45.0 Å². The summed E-state index contributed by atoms with van der Waals surface area (Å²) in [6, 6.07) is 28.7. The van der Waals surface area contributed by atoms with Crippen molar-refractivity contribution in [2.45, 2.75) is 32.5 Å². The molecule has 0 spiro atoms. The van der Waals surface area contributed by atoms with Crippen LogP contribution in [0, 0.1) is 13.8 Å². The Kier molecular flexibility index (Phi) is 7.74. The highest BCUT2D eigenvalue weighted by atomic mass is 32.1. The van der Waals surface area contributed by atoms with Crippen molar-refractivity contribution in [2.75, 3.05) is 16.8 Å². The molecule has 0 saturated carbocycles. The van der Waals surface area contributed by atoms with E-state index in [1.165, 1.54) is 0 Å². The van der Waals surface area contributed by atoms with Crippen LogP contribution < -0.4 is 20.3 Å². The van der Waals surface area contributed by atoms with Crippen LogP contribution in [0.3, 0.4) is 0 Å². The molecule has 6 rings (SSSR count). The Hall–Kier alpha value is -4.89. The summed E-state index contributed by atoms with van der Waals surface area (Å²) < 4.78 is 13.5. The molecule has 1 aliphatic heterocycles. The average molecular weight is 578 g/mol. The molecule has 1 amide bonds. The zero-order valence-electron chi connectivity index (χ0n) is 23.4. The van der Waals surface area contributed by atoms with Crippen LogP contribution >= 0.6 is 12.2 Å². The molecule has 42 heavy (non-hydrogen) atoms. The Bertz CT molecular complexity index is 1670. The lowest BCUT2D eigenvalue weighted by Crippen LogP contribution is -2.29. The van der Waals surface area contributed by atoms with Crippen LogP contribution in [0.2, 0.25) is 0 Å². The van der Waals surface area contributed by atoms with Crippen LogP contribution in [0.15, 0.2) is 108 Å². The van der Waals surface area contributed by atoms with Crippen LogP contribution in [-0.2, 0) is 11.3 Å². The van der Waals surface area contributed by atoms with E-state index in [0.717, 1.165) is 34.1 Å². The number of thiocarbonyl (C=S) groups is 1. The predicted octanol–water partition coefficient (Wildman–Crippen LogP) is 6.34. The SMILES string of the molecule is Cc1cc([C@H]2[C@@H](c3ccccn3)NC(=S)N2c2ccc(NC(=O)COc3ccccc3)cc2)c(C)n1Cc1ccco1. The van der Waals surface area contributed by atoms with Gasteiger partial charge in [-0.15, -0.1) is 0 Å². The molecule has 9 heteroatoms. The van der Waals surface area contributed by atoms with Gasteiger partial charge < -0.3 is 29.3 Å². The van der Waals surface area contributed by atoms with Gasteiger partial charge in [0.25, 0.3) is 5.91 Å². The maximum atomic E-state index is 12.5. The van der Waals surface area contributed by atoms with Gasteiger partial charge in [-0.05, 0) is 98.4 Å². The van der Waals surface area contributed by atoms with Gasteiger partial charge in [-0.25, -0.2) is 0 Å². The highest BCUT2D eigenvalue weighted by Crippen LogP contribution is 2.43. The van der Waals surface area contributed by atoms with Gasteiger partial charge in [-0.2, -0.15) is 0 Å². The molecule has 4 heterocycles. The number of nitrogens with one attached hydrogen (secondary N) is 2. The number of carbonyl (C=O) groups excluding carboxylic acids is 1. The number of anilines is 2. The zero-order valence-corrected chi connectivity index (χ0v) is 24.2. The molecule has 3 aromatic heterocycles. The first-order valence-electron chi connectivity index (χ1n) is 13.8. The van der Waals surface area contributed by atoms with Crippen LogP contribution in [0.4, 0.5) is 11.4 Å². The van der Waals surface area contributed by atoms with Crippen molar-refractivity contribution in [3.8, 4) is 5.75 Å². The molecule has 1 fully saturated rings. The summed E-state index contributed by atoms with van der Waals surface area (Å²) >= 11 is 5.92. The van der Waals surface area contributed by atoms with Crippen molar-refractivity contribution in [1.29, 1.82) is 0 Å². The minimum atomic E-state index is -0.234. The fourth-order valence-electron chi connectivity index (χ4n) is 5.45. The number of pyridine rings is 1. The lowest BCUT2D eigenvalue weighted by atomic mass is 9.96. The molecule has 0 radical (unpaired) electrons. The maximum Gasteiger partial charge on any atom is 0.262 e. The summed E-state index contributed by atoms with van der Waals surface area (Å²) in [6.45, 7) is 4.81. The number of hydrogen-bond donors (Lipinski definition) is 2. The van der Waals surface area contributed by atoms with Gasteiger partial charge in [0.15, 0.2) is 11.7 Å². The van der Waals surface area contributed by atoms with Crippen molar-refractivity contribution in [3.05, 3.63) is 132 Å². The lowest BCUT2D eigenvalue weighted by molar-refractivity contribution is -0.118. The summed E-state index contributed by atoms with van der Waals surface area (Å²) in [5, 5.41) is 7.05. The predicted molar refractivity (Wildman–Crippen MR) is 167 cm³/mol. The Morgan fingerprint density at radius 1 is 1.02 bits per heavy atom. The Labute approximate surface area is 250 Å². The number of benzene rings is 2. The van der Waals surface area contributed by atoms with Gasteiger partial charge in [0.1, 0.15) is 11.5 Å². The molecule has 2 N–H and O–H groups in total. The van der Waals surface area contributed by atoms with Crippen LogP contribution in [0.5, 0.6) is 5.75 Å². The number of ether oxygens (including phenoxy) is 1. The fourth-order valence-corrected chi connectivity index (χ4v) is 5.79. The number of furan rings is 1. The maximum absolute atomic E-state index is 12.5. The van der Waals surface area contributed by atoms with Crippen molar-refractivity contribution in [1.82, 2.24) is 14.9 Å². The van der Waals surface area contributed by atoms with Crippen LogP contribution in [-0.4, -0.2) is 27.2 Å². The number of hydrogen-bond acceptors (Lipinski definition) is 5. The van der Waals surface area contributed by atoms with E-state index in [1.807, 2.05) is 84.9 Å². The zero-order chi connectivity index (χ0) is 29.1. The van der Waals surface area contributed by atoms with Crippen LogP contribution in [0.1, 0.15) is 40.5 Å². The third-order valence-electron chi connectivity index (χ3n) is 7.47. The summed E-state index contributed by atoms with van der Waals surface area (Å²) in [6.07, 6.45) is 3.50. The van der Waals surface area contributed by atoms with Crippen molar-refractivity contribution in [2.24, 2.45) is 0 Å². The number of carbonyl (C=O) groups is 1. The van der Waals surface area contributed by atoms with Gasteiger partial charge in [0, 0.05) is 29.0 Å². The van der Waals surface area contributed by atoms with Gasteiger partial charge in [-0.3, -0.25) is 9.78 Å². The second-order valence-corrected chi connectivity index (χ2v) is 10.6. The number of aromatic nitrogens is 2. The van der Waals surface area contributed by atoms with Crippen molar-refractivity contribution >= 4 is 34.6 Å². The first-order valence-corrected chi connectivity index (χ1v) is 14.2. The monoisotopic (exact) mass is 577 g/mol. The highest BCUT2D eigenvalue weighted by Gasteiger charge is 2.42. The Morgan fingerprint density at radius 2 is 1.81 bits per heavy atom. The van der Waals surface area contributed by atoms with E-state index in [4.69, 9.17) is 21.4 Å². The number of rotatable bonds is 9. The van der Waals surface area contributed by atoms with E-state index < -0.39 is 0 Å². The van der Waals surface area contributed by atoms with Gasteiger partial charge in [0.2, 0.25) is 0 Å². The fraction of sp³-hybridized carbons (Fsp3) is 0.182. The largest absolute Gasteiger partial charge is 0.484 e. The van der Waals surface area contributed by atoms with Crippen molar-refractivity contribution in [3.63, 3.8) is 0 Å². The number of nitrogens with zero attached hydrogens (tertiary/aromatic N) is 3. The molecule has 0 unspecified atom stereocenters. The van der Waals surface area contributed by atoms with Crippen molar-refractivity contribution < 1.29 is 13.9 Å². The second kappa shape index (κ2) is 11.9. The van der Waals surface area contributed by atoms with Gasteiger partial charge in [0.05, 0.1) is 30.6 Å². The summed E-state index contributed by atoms with van der Waals surface area (Å²) in [5.74, 6) is 1.31.